The lowest BCUT2D eigenvalue weighted by Gasteiger charge is -2.12. The fraction of sp³-hybridized carbons (Fsp3) is 0.429. The number of aryl methyl sites for hydroxylation is 2. The van der Waals surface area contributed by atoms with Gasteiger partial charge in [0.25, 0.3) is 5.91 Å². The molecule has 90 valence electrons. The molecule has 1 N–H and O–H groups in total. The van der Waals surface area contributed by atoms with Crippen LogP contribution in [0.25, 0.3) is 0 Å². The van der Waals surface area contributed by atoms with Crippen LogP contribution in [-0.4, -0.2) is 11.9 Å². The van der Waals surface area contributed by atoms with E-state index in [0.717, 1.165) is 17.5 Å². The van der Waals surface area contributed by atoms with Gasteiger partial charge in [0.05, 0.1) is 6.07 Å². The van der Waals surface area contributed by atoms with Gasteiger partial charge in [-0.05, 0) is 31.9 Å². The van der Waals surface area contributed by atoms with Crippen molar-refractivity contribution in [3.63, 3.8) is 0 Å². The van der Waals surface area contributed by atoms with Gasteiger partial charge in [-0.3, -0.25) is 4.79 Å². The van der Waals surface area contributed by atoms with E-state index in [4.69, 9.17) is 5.26 Å². The molecule has 0 spiro atoms. The van der Waals surface area contributed by atoms with Gasteiger partial charge in [-0.1, -0.05) is 31.0 Å². The number of benzene rings is 1. The minimum absolute atomic E-state index is 0.161. The quantitative estimate of drug-likeness (QED) is 0.864. The van der Waals surface area contributed by atoms with Gasteiger partial charge in [-0.15, -0.1) is 0 Å². The van der Waals surface area contributed by atoms with E-state index in [2.05, 4.69) is 11.4 Å². The summed E-state index contributed by atoms with van der Waals surface area (Å²) in [5.74, 6) is -0.161. The Balaban J connectivity index is 2.83. The normalized spacial score (nSPS) is 11.6. The maximum absolute atomic E-state index is 12.0. The number of nitriles is 1. The number of carbonyl (C=O) groups excluding carboxylic acids is 1. The highest BCUT2D eigenvalue weighted by atomic mass is 16.1. The molecule has 1 unspecified atom stereocenters. The highest BCUT2D eigenvalue weighted by molar-refractivity contribution is 5.96. The van der Waals surface area contributed by atoms with E-state index in [9.17, 15) is 4.79 Å². The predicted octanol–water partition coefficient (Wildman–Crippen LogP) is 2.73. The van der Waals surface area contributed by atoms with Gasteiger partial charge in [0, 0.05) is 5.56 Å². The minimum Gasteiger partial charge on any atom is -0.336 e. The van der Waals surface area contributed by atoms with Crippen LogP contribution in [0.3, 0.4) is 0 Å². The average molecular weight is 230 g/mol. The third-order valence-corrected chi connectivity index (χ3v) is 2.68. The second-order valence-corrected chi connectivity index (χ2v) is 4.26. The zero-order valence-electron chi connectivity index (χ0n) is 10.6. The van der Waals surface area contributed by atoms with E-state index in [1.165, 1.54) is 0 Å². The number of amides is 1. The molecule has 0 fully saturated rings. The van der Waals surface area contributed by atoms with Crippen LogP contribution in [0.5, 0.6) is 0 Å². The lowest BCUT2D eigenvalue weighted by atomic mass is 10.0. The first-order chi connectivity index (χ1) is 8.08. The van der Waals surface area contributed by atoms with Crippen molar-refractivity contribution in [3.05, 3.63) is 34.9 Å². The van der Waals surface area contributed by atoms with Gasteiger partial charge >= 0.3 is 0 Å². The summed E-state index contributed by atoms with van der Waals surface area (Å²) >= 11 is 0. The number of rotatable bonds is 4. The molecule has 0 aliphatic rings. The Morgan fingerprint density at radius 1 is 1.47 bits per heavy atom. The molecule has 0 aliphatic heterocycles. The van der Waals surface area contributed by atoms with E-state index in [0.29, 0.717) is 12.0 Å². The van der Waals surface area contributed by atoms with E-state index in [1.54, 1.807) is 0 Å². The zero-order valence-corrected chi connectivity index (χ0v) is 10.6. The Kier molecular flexibility index (Phi) is 4.71. The van der Waals surface area contributed by atoms with Gasteiger partial charge in [0.1, 0.15) is 6.04 Å². The second-order valence-electron chi connectivity index (χ2n) is 4.26. The van der Waals surface area contributed by atoms with Crippen LogP contribution in [0.4, 0.5) is 0 Å². The van der Waals surface area contributed by atoms with E-state index in [-0.39, 0.29) is 5.91 Å². The molecular weight excluding hydrogens is 212 g/mol. The standard InChI is InChI=1S/C14H18N2O/c1-4-5-12(9-15)16-14(17)13-8-10(2)6-7-11(13)3/h6-8,12H,4-5H2,1-3H3,(H,16,17). The molecule has 1 amide bonds. The Morgan fingerprint density at radius 2 is 2.18 bits per heavy atom. The van der Waals surface area contributed by atoms with E-state index in [1.807, 2.05) is 39.0 Å². The van der Waals surface area contributed by atoms with Crippen molar-refractivity contribution in [2.75, 3.05) is 0 Å². The van der Waals surface area contributed by atoms with Gasteiger partial charge in [-0.25, -0.2) is 0 Å². The molecule has 0 aromatic heterocycles. The Bertz CT molecular complexity index is 446. The maximum Gasteiger partial charge on any atom is 0.252 e. The van der Waals surface area contributed by atoms with E-state index < -0.39 is 6.04 Å². The molecule has 3 heteroatoms. The molecular formula is C14H18N2O. The average Bonchev–Trinajstić information content (AvgIpc) is 2.31. The van der Waals surface area contributed by atoms with Crippen molar-refractivity contribution in [2.24, 2.45) is 0 Å². The molecule has 1 aromatic carbocycles. The van der Waals surface area contributed by atoms with Crippen LogP contribution < -0.4 is 5.32 Å². The second kappa shape index (κ2) is 6.05. The molecule has 17 heavy (non-hydrogen) atoms. The number of hydrogen-bond acceptors (Lipinski definition) is 2. The molecule has 1 aromatic rings. The lowest BCUT2D eigenvalue weighted by molar-refractivity contribution is 0.0943. The lowest BCUT2D eigenvalue weighted by Crippen LogP contribution is -2.34. The highest BCUT2D eigenvalue weighted by Crippen LogP contribution is 2.11. The van der Waals surface area contributed by atoms with Crippen molar-refractivity contribution >= 4 is 5.91 Å². The molecule has 0 saturated heterocycles. The van der Waals surface area contributed by atoms with Crippen LogP contribution in [0.1, 0.15) is 41.3 Å². The largest absolute Gasteiger partial charge is 0.336 e. The van der Waals surface area contributed by atoms with Gasteiger partial charge in [0.2, 0.25) is 0 Å². The summed E-state index contributed by atoms with van der Waals surface area (Å²) in [6.07, 6.45) is 1.57. The first-order valence-electron chi connectivity index (χ1n) is 5.86. The molecule has 0 bridgehead atoms. The number of carbonyl (C=O) groups is 1. The summed E-state index contributed by atoms with van der Waals surface area (Å²) in [7, 11) is 0. The minimum atomic E-state index is -0.396. The molecule has 1 rings (SSSR count). The Labute approximate surface area is 102 Å². The number of hydrogen-bond donors (Lipinski definition) is 1. The fourth-order valence-corrected chi connectivity index (χ4v) is 1.67. The molecule has 0 heterocycles. The van der Waals surface area contributed by atoms with Crippen LogP contribution in [0, 0.1) is 25.2 Å². The van der Waals surface area contributed by atoms with E-state index >= 15 is 0 Å². The molecule has 0 radical (unpaired) electrons. The van der Waals surface area contributed by atoms with Gasteiger partial charge < -0.3 is 5.32 Å². The summed E-state index contributed by atoms with van der Waals surface area (Å²) in [6, 6.07) is 7.46. The number of nitrogens with one attached hydrogen (secondary N) is 1. The first-order valence-corrected chi connectivity index (χ1v) is 5.86. The fourth-order valence-electron chi connectivity index (χ4n) is 1.67. The topological polar surface area (TPSA) is 52.9 Å². The van der Waals surface area contributed by atoms with Gasteiger partial charge in [-0.2, -0.15) is 5.26 Å². The summed E-state index contributed by atoms with van der Waals surface area (Å²) in [5, 5.41) is 11.7. The van der Waals surface area contributed by atoms with Gasteiger partial charge in [0.15, 0.2) is 0 Å². The van der Waals surface area contributed by atoms with Crippen molar-refractivity contribution in [3.8, 4) is 6.07 Å². The van der Waals surface area contributed by atoms with Crippen molar-refractivity contribution in [2.45, 2.75) is 39.7 Å². The van der Waals surface area contributed by atoms with Crippen LogP contribution >= 0.6 is 0 Å². The van der Waals surface area contributed by atoms with Crippen molar-refractivity contribution in [1.82, 2.24) is 5.32 Å². The number of nitrogens with zero attached hydrogens (tertiary/aromatic N) is 1. The summed E-state index contributed by atoms with van der Waals surface area (Å²) in [6.45, 7) is 5.84. The SMILES string of the molecule is CCCC(C#N)NC(=O)c1cc(C)ccc1C. The third kappa shape index (κ3) is 3.60. The molecule has 1 atom stereocenters. The maximum atomic E-state index is 12.0. The Hall–Kier alpha value is -1.82. The van der Waals surface area contributed by atoms with Crippen molar-refractivity contribution in [1.29, 1.82) is 5.26 Å². The summed E-state index contributed by atoms with van der Waals surface area (Å²) < 4.78 is 0. The van der Waals surface area contributed by atoms with Crippen LogP contribution in [0.15, 0.2) is 18.2 Å². The monoisotopic (exact) mass is 230 g/mol. The first kappa shape index (κ1) is 13.2. The smallest absolute Gasteiger partial charge is 0.252 e. The third-order valence-electron chi connectivity index (χ3n) is 2.68. The Morgan fingerprint density at radius 3 is 2.76 bits per heavy atom. The van der Waals surface area contributed by atoms with Crippen LogP contribution in [-0.2, 0) is 0 Å². The van der Waals surface area contributed by atoms with Crippen molar-refractivity contribution < 1.29 is 4.79 Å². The molecule has 3 nitrogen and oxygen atoms in total. The summed E-state index contributed by atoms with van der Waals surface area (Å²) in [5.41, 5.74) is 2.63. The molecule has 0 aliphatic carbocycles. The molecule has 0 saturated carbocycles. The zero-order chi connectivity index (χ0) is 12.8. The summed E-state index contributed by atoms with van der Waals surface area (Å²) in [4.78, 5) is 12.0. The van der Waals surface area contributed by atoms with Crippen LogP contribution in [0.2, 0.25) is 0 Å². The highest BCUT2D eigenvalue weighted by Gasteiger charge is 2.13. The predicted molar refractivity (Wildman–Crippen MR) is 67.7 cm³/mol.